The van der Waals surface area contributed by atoms with Gasteiger partial charge in [0.25, 0.3) is 0 Å². The van der Waals surface area contributed by atoms with E-state index in [-0.39, 0.29) is 0 Å². The number of rotatable bonds is 0. The summed E-state index contributed by atoms with van der Waals surface area (Å²) in [6.07, 6.45) is 3.08. The van der Waals surface area contributed by atoms with Gasteiger partial charge >= 0.3 is 0 Å². The monoisotopic (exact) mass is 141 g/mol. The molecule has 0 radical (unpaired) electrons. The maximum atomic E-state index is 5.44. The first kappa shape index (κ1) is 6.04. The van der Waals surface area contributed by atoms with Gasteiger partial charge in [-0.2, -0.15) is 0 Å². The third-order valence-corrected chi connectivity index (χ3v) is 1.58. The Morgan fingerprint density at radius 2 is 2.40 bits per heavy atom. The van der Waals surface area contributed by atoms with Gasteiger partial charge < -0.3 is 4.74 Å². The Kier molecular flexibility index (Phi) is 1.01. The van der Waals surface area contributed by atoms with Gasteiger partial charge in [-0.1, -0.05) is 0 Å². The molecule has 0 spiro atoms. The second-order valence-electron chi connectivity index (χ2n) is 3.03. The summed E-state index contributed by atoms with van der Waals surface area (Å²) in [6, 6.07) is 0. The summed E-state index contributed by atoms with van der Waals surface area (Å²) >= 11 is 0. The van der Waals surface area contributed by atoms with E-state index in [1.165, 1.54) is 0 Å². The number of ether oxygens (including phenoxy) is 1. The van der Waals surface area contributed by atoms with E-state index in [0.29, 0.717) is 0 Å². The summed E-state index contributed by atoms with van der Waals surface area (Å²) in [5.74, 6) is 0.428. The topological polar surface area (TPSA) is 21.7 Å². The van der Waals surface area contributed by atoms with Crippen LogP contribution in [0.15, 0.2) is 12.0 Å². The van der Waals surface area contributed by atoms with Gasteiger partial charge in [-0.05, 0) is 12.5 Å². The zero-order chi connectivity index (χ0) is 7.19. The molecule has 0 aromatic heterocycles. The van der Waals surface area contributed by atoms with E-state index in [1.807, 2.05) is 13.8 Å². The Labute approximate surface area is 60.2 Å². The lowest BCUT2D eigenvalue weighted by Crippen LogP contribution is -2.24. The maximum absolute atomic E-state index is 5.44. The third-order valence-electron chi connectivity index (χ3n) is 1.58. The lowest BCUT2D eigenvalue weighted by Gasteiger charge is -2.15. The molecular formula is C7H11NO2. The van der Waals surface area contributed by atoms with Gasteiger partial charge in [-0.25, -0.2) is 9.90 Å². The summed E-state index contributed by atoms with van der Waals surface area (Å²) in [7, 11) is 0. The highest BCUT2D eigenvalue weighted by Crippen LogP contribution is 2.32. The van der Waals surface area contributed by atoms with Crippen LogP contribution in [0.25, 0.3) is 0 Å². The van der Waals surface area contributed by atoms with Crippen LogP contribution in [0, 0.1) is 0 Å². The molecule has 0 aromatic rings. The largest absolute Gasteiger partial charge is 0.444 e. The molecule has 1 saturated heterocycles. The van der Waals surface area contributed by atoms with E-state index in [2.05, 4.69) is 6.08 Å². The van der Waals surface area contributed by atoms with Crippen LogP contribution in [0.3, 0.4) is 0 Å². The highest BCUT2D eigenvalue weighted by Gasteiger charge is 2.37. The van der Waals surface area contributed by atoms with Crippen LogP contribution in [0.1, 0.15) is 20.3 Å². The van der Waals surface area contributed by atoms with Crippen LogP contribution in [-0.2, 0) is 9.57 Å². The molecule has 0 bridgehead atoms. The van der Waals surface area contributed by atoms with Gasteiger partial charge in [0.1, 0.15) is 0 Å². The summed E-state index contributed by atoms with van der Waals surface area (Å²) in [6.45, 7) is 4.75. The summed E-state index contributed by atoms with van der Waals surface area (Å²) in [5.41, 5.74) is 0. The molecule has 0 saturated carbocycles. The van der Waals surface area contributed by atoms with E-state index >= 15 is 0 Å². The molecule has 0 amide bonds. The van der Waals surface area contributed by atoms with Crippen molar-refractivity contribution < 1.29 is 9.57 Å². The van der Waals surface area contributed by atoms with Gasteiger partial charge in [0.15, 0.2) is 0 Å². The van der Waals surface area contributed by atoms with E-state index < -0.39 is 5.79 Å². The van der Waals surface area contributed by atoms with Crippen molar-refractivity contribution in [3.05, 3.63) is 12.0 Å². The quantitative estimate of drug-likeness (QED) is 0.506. The summed E-state index contributed by atoms with van der Waals surface area (Å²) in [5, 5.41) is 1.81. The lowest BCUT2D eigenvalue weighted by atomic mass is 10.4. The van der Waals surface area contributed by atoms with Crippen molar-refractivity contribution in [2.75, 3.05) is 6.54 Å². The Morgan fingerprint density at radius 1 is 1.60 bits per heavy atom. The molecule has 3 nitrogen and oxygen atoms in total. The molecule has 2 aliphatic rings. The van der Waals surface area contributed by atoms with Crippen LogP contribution < -0.4 is 0 Å². The Balaban J connectivity index is 2.19. The molecule has 1 fully saturated rings. The predicted octanol–water partition coefficient (Wildman–Crippen LogP) is 1.23. The van der Waals surface area contributed by atoms with E-state index in [0.717, 1.165) is 18.8 Å². The average Bonchev–Trinajstić information content (AvgIpc) is 2.20. The van der Waals surface area contributed by atoms with Gasteiger partial charge in [0.05, 0.1) is 6.54 Å². The molecule has 0 N–H and O–H groups in total. The van der Waals surface area contributed by atoms with E-state index in [9.17, 15) is 0 Å². The van der Waals surface area contributed by atoms with Gasteiger partial charge in [-0.15, -0.1) is 0 Å². The van der Waals surface area contributed by atoms with Crippen molar-refractivity contribution in [2.24, 2.45) is 0 Å². The second-order valence-corrected chi connectivity index (χ2v) is 3.03. The highest BCUT2D eigenvalue weighted by molar-refractivity contribution is 5.00. The van der Waals surface area contributed by atoms with Crippen LogP contribution in [-0.4, -0.2) is 17.4 Å². The molecular weight excluding hydrogens is 130 g/mol. The fourth-order valence-corrected chi connectivity index (χ4v) is 1.24. The van der Waals surface area contributed by atoms with Crippen molar-refractivity contribution in [2.45, 2.75) is 26.1 Å². The van der Waals surface area contributed by atoms with E-state index in [4.69, 9.17) is 9.57 Å². The molecule has 56 valence electrons. The van der Waals surface area contributed by atoms with Crippen LogP contribution in [0.2, 0.25) is 0 Å². The first-order valence-electron chi connectivity index (χ1n) is 3.53. The van der Waals surface area contributed by atoms with Gasteiger partial charge in [0, 0.05) is 13.8 Å². The molecule has 2 heterocycles. The van der Waals surface area contributed by atoms with Crippen LogP contribution in [0.5, 0.6) is 0 Å². The molecule has 0 unspecified atom stereocenters. The minimum atomic E-state index is -0.452. The number of nitrogens with zero attached hydrogens (tertiary/aromatic N) is 1. The van der Waals surface area contributed by atoms with Gasteiger partial charge in [-0.3, -0.25) is 0 Å². The van der Waals surface area contributed by atoms with Crippen molar-refractivity contribution in [1.29, 1.82) is 0 Å². The average molecular weight is 141 g/mol. The lowest BCUT2D eigenvalue weighted by molar-refractivity contribution is -0.212. The highest BCUT2D eigenvalue weighted by atomic mass is 16.9. The van der Waals surface area contributed by atoms with Crippen molar-refractivity contribution in [3.63, 3.8) is 0 Å². The SMILES string of the molecule is CC1(C)OC2=CCCN2O1. The smallest absolute Gasteiger partial charge is 0.230 e. The molecule has 0 aliphatic carbocycles. The Bertz CT molecular complexity index is 186. The molecule has 0 atom stereocenters. The minimum Gasteiger partial charge on any atom is -0.444 e. The zero-order valence-corrected chi connectivity index (χ0v) is 6.26. The maximum Gasteiger partial charge on any atom is 0.230 e. The molecule has 10 heavy (non-hydrogen) atoms. The van der Waals surface area contributed by atoms with Gasteiger partial charge in [0.2, 0.25) is 11.7 Å². The summed E-state index contributed by atoms with van der Waals surface area (Å²) < 4.78 is 5.44. The predicted molar refractivity (Wildman–Crippen MR) is 35.7 cm³/mol. The van der Waals surface area contributed by atoms with Crippen molar-refractivity contribution in [3.8, 4) is 0 Å². The number of hydrogen-bond donors (Lipinski definition) is 0. The standard InChI is InChI=1S/C7H11NO2/c1-7(2)9-6-4-3-5-8(6)10-7/h4H,3,5H2,1-2H3. The summed E-state index contributed by atoms with van der Waals surface area (Å²) in [4.78, 5) is 5.42. The van der Waals surface area contributed by atoms with Crippen molar-refractivity contribution >= 4 is 0 Å². The molecule has 0 aromatic carbocycles. The number of hydrogen-bond acceptors (Lipinski definition) is 3. The van der Waals surface area contributed by atoms with Crippen LogP contribution in [0.4, 0.5) is 0 Å². The number of hydroxylamine groups is 2. The van der Waals surface area contributed by atoms with Crippen molar-refractivity contribution in [1.82, 2.24) is 5.06 Å². The normalized spacial score (nSPS) is 27.8. The fourth-order valence-electron chi connectivity index (χ4n) is 1.24. The third kappa shape index (κ3) is 0.778. The minimum absolute atomic E-state index is 0.452. The molecule has 3 heteroatoms. The zero-order valence-electron chi connectivity index (χ0n) is 6.26. The second kappa shape index (κ2) is 1.66. The Hall–Kier alpha value is -0.700. The van der Waals surface area contributed by atoms with Crippen LogP contribution >= 0.6 is 0 Å². The number of fused-ring (bicyclic) bond motifs is 1. The first-order valence-corrected chi connectivity index (χ1v) is 3.53. The fraction of sp³-hybridized carbons (Fsp3) is 0.714. The first-order chi connectivity index (χ1) is 4.67. The van der Waals surface area contributed by atoms with E-state index in [1.54, 1.807) is 5.06 Å². The Morgan fingerprint density at radius 3 is 3.10 bits per heavy atom. The molecule has 2 rings (SSSR count). The molecule has 2 aliphatic heterocycles.